The van der Waals surface area contributed by atoms with Gasteiger partial charge < -0.3 is 9.88 Å². The largest absolute Gasteiger partial charge is 0.327 e. The Bertz CT molecular complexity index is 1240. The lowest BCUT2D eigenvalue weighted by Crippen LogP contribution is -2.16. The van der Waals surface area contributed by atoms with E-state index in [0.717, 1.165) is 33.7 Å². The van der Waals surface area contributed by atoms with Crippen LogP contribution in [0.15, 0.2) is 60.7 Å². The number of fused-ring (bicyclic) bond motifs is 1. The van der Waals surface area contributed by atoms with E-state index in [0.29, 0.717) is 19.4 Å². The smallest absolute Gasteiger partial charge is 0.226 e. The lowest BCUT2D eigenvalue weighted by atomic mass is 10.1. The quantitative estimate of drug-likeness (QED) is 0.438. The maximum Gasteiger partial charge on any atom is 0.226 e. The summed E-state index contributed by atoms with van der Waals surface area (Å²) in [7, 11) is 0. The van der Waals surface area contributed by atoms with Crippen molar-refractivity contribution >= 4 is 22.6 Å². The molecule has 0 fully saturated rings. The average molecular weight is 416 g/mol. The van der Waals surface area contributed by atoms with Gasteiger partial charge in [-0.3, -0.25) is 4.79 Å². The van der Waals surface area contributed by atoms with Gasteiger partial charge in [-0.05, 0) is 79.4 Å². The highest BCUT2D eigenvalue weighted by molar-refractivity contribution is 5.90. The highest BCUT2D eigenvalue weighted by atomic mass is 19.1. The standard InChI is InChI=1S/C26H26FN3O/c1-17-5-4-6-22(13-17)28-26(31)11-12-30-24-15-19(3)18(2)14-23(24)29-25(30)16-20-7-9-21(27)10-8-20/h4-10,13-15H,11-12,16H2,1-3H3,(H,28,31). The van der Waals surface area contributed by atoms with Crippen LogP contribution in [0, 0.1) is 26.6 Å². The first-order chi connectivity index (χ1) is 14.9. The first kappa shape index (κ1) is 20.8. The fourth-order valence-corrected chi connectivity index (χ4v) is 3.76. The summed E-state index contributed by atoms with van der Waals surface area (Å²) < 4.78 is 15.4. The Labute approximate surface area is 181 Å². The zero-order chi connectivity index (χ0) is 22.0. The van der Waals surface area contributed by atoms with Crippen LogP contribution in [-0.4, -0.2) is 15.5 Å². The van der Waals surface area contributed by atoms with Crippen LogP contribution in [-0.2, 0) is 17.8 Å². The molecule has 0 aliphatic rings. The number of carbonyl (C=O) groups is 1. The minimum absolute atomic E-state index is 0.0379. The summed E-state index contributed by atoms with van der Waals surface area (Å²) in [6.07, 6.45) is 0.912. The Morgan fingerprint density at radius 1 is 1.00 bits per heavy atom. The predicted octanol–water partition coefficient (Wildman–Crippen LogP) is 5.72. The zero-order valence-corrected chi connectivity index (χ0v) is 18.1. The van der Waals surface area contributed by atoms with Gasteiger partial charge in [-0.2, -0.15) is 0 Å². The van der Waals surface area contributed by atoms with Gasteiger partial charge in [-0.25, -0.2) is 9.37 Å². The molecule has 4 nitrogen and oxygen atoms in total. The second-order valence-corrected chi connectivity index (χ2v) is 8.08. The second-order valence-electron chi connectivity index (χ2n) is 8.08. The van der Waals surface area contributed by atoms with Crippen molar-refractivity contribution in [3.8, 4) is 0 Å². The van der Waals surface area contributed by atoms with Crippen molar-refractivity contribution < 1.29 is 9.18 Å². The van der Waals surface area contributed by atoms with Gasteiger partial charge in [-0.15, -0.1) is 0 Å². The third kappa shape index (κ3) is 4.82. The summed E-state index contributed by atoms with van der Waals surface area (Å²) >= 11 is 0. The maximum atomic E-state index is 13.3. The van der Waals surface area contributed by atoms with Crippen molar-refractivity contribution in [2.24, 2.45) is 0 Å². The number of aryl methyl sites for hydroxylation is 4. The molecule has 0 unspecified atom stereocenters. The molecular weight excluding hydrogens is 389 g/mol. The van der Waals surface area contributed by atoms with Crippen LogP contribution in [0.3, 0.4) is 0 Å². The third-order valence-corrected chi connectivity index (χ3v) is 5.58. The molecule has 3 aromatic carbocycles. The van der Waals surface area contributed by atoms with Gasteiger partial charge in [0.15, 0.2) is 0 Å². The topological polar surface area (TPSA) is 46.9 Å². The van der Waals surface area contributed by atoms with Crippen molar-refractivity contribution in [1.82, 2.24) is 9.55 Å². The van der Waals surface area contributed by atoms with Crippen LogP contribution in [0.5, 0.6) is 0 Å². The fraction of sp³-hybridized carbons (Fsp3) is 0.231. The van der Waals surface area contributed by atoms with Gasteiger partial charge >= 0.3 is 0 Å². The molecule has 0 aliphatic carbocycles. The number of nitrogens with zero attached hydrogens (tertiary/aromatic N) is 2. The molecule has 0 saturated carbocycles. The first-order valence-corrected chi connectivity index (χ1v) is 10.5. The Balaban J connectivity index is 1.60. The summed E-state index contributed by atoms with van der Waals surface area (Å²) in [5, 5.41) is 2.97. The van der Waals surface area contributed by atoms with Crippen LogP contribution in [0.4, 0.5) is 10.1 Å². The molecule has 1 aromatic heterocycles. The summed E-state index contributed by atoms with van der Waals surface area (Å²) in [6, 6.07) is 18.5. The van der Waals surface area contributed by atoms with Crippen LogP contribution >= 0.6 is 0 Å². The van der Waals surface area contributed by atoms with Crippen LogP contribution in [0.1, 0.15) is 34.5 Å². The lowest BCUT2D eigenvalue weighted by molar-refractivity contribution is -0.116. The SMILES string of the molecule is Cc1cccc(NC(=O)CCn2c(Cc3ccc(F)cc3)nc3cc(C)c(C)cc32)c1. The molecule has 0 aliphatic heterocycles. The molecule has 5 heteroatoms. The maximum absolute atomic E-state index is 13.3. The summed E-state index contributed by atoms with van der Waals surface area (Å²) in [6.45, 7) is 6.67. The molecule has 31 heavy (non-hydrogen) atoms. The van der Waals surface area contributed by atoms with Crippen molar-refractivity contribution in [2.75, 3.05) is 5.32 Å². The molecule has 0 atom stereocenters. The van der Waals surface area contributed by atoms with E-state index in [1.807, 2.05) is 31.2 Å². The number of hydrogen-bond donors (Lipinski definition) is 1. The molecule has 0 spiro atoms. The predicted molar refractivity (Wildman–Crippen MR) is 123 cm³/mol. The molecule has 0 radical (unpaired) electrons. The van der Waals surface area contributed by atoms with E-state index >= 15 is 0 Å². The van der Waals surface area contributed by atoms with Crippen molar-refractivity contribution in [2.45, 2.75) is 40.2 Å². The lowest BCUT2D eigenvalue weighted by Gasteiger charge is -2.11. The number of benzene rings is 3. The number of imidazole rings is 1. The minimum atomic E-state index is -0.253. The molecule has 1 amide bonds. The molecule has 0 saturated heterocycles. The highest BCUT2D eigenvalue weighted by Crippen LogP contribution is 2.23. The van der Waals surface area contributed by atoms with Gasteiger partial charge in [0, 0.05) is 25.1 Å². The van der Waals surface area contributed by atoms with Crippen LogP contribution < -0.4 is 5.32 Å². The van der Waals surface area contributed by atoms with E-state index in [2.05, 4.69) is 35.9 Å². The molecule has 4 rings (SSSR count). The fourth-order valence-electron chi connectivity index (χ4n) is 3.76. The number of aromatic nitrogens is 2. The van der Waals surface area contributed by atoms with Crippen molar-refractivity contribution in [3.05, 3.63) is 94.6 Å². The number of rotatable bonds is 6. The van der Waals surface area contributed by atoms with E-state index in [1.54, 1.807) is 12.1 Å². The molecule has 158 valence electrons. The molecule has 4 aromatic rings. The Morgan fingerprint density at radius 2 is 1.74 bits per heavy atom. The normalized spacial score (nSPS) is 11.1. The number of carbonyl (C=O) groups excluding carboxylic acids is 1. The number of hydrogen-bond acceptors (Lipinski definition) is 2. The average Bonchev–Trinajstić information content (AvgIpc) is 3.04. The van der Waals surface area contributed by atoms with Crippen molar-refractivity contribution in [3.63, 3.8) is 0 Å². The highest BCUT2D eigenvalue weighted by Gasteiger charge is 2.14. The second kappa shape index (κ2) is 8.72. The summed E-state index contributed by atoms with van der Waals surface area (Å²) in [5.74, 6) is 0.579. The van der Waals surface area contributed by atoms with E-state index in [9.17, 15) is 9.18 Å². The number of anilines is 1. The number of amides is 1. The van der Waals surface area contributed by atoms with Gasteiger partial charge in [0.25, 0.3) is 0 Å². The monoisotopic (exact) mass is 415 g/mol. The molecular formula is C26H26FN3O. The third-order valence-electron chi connectivity index (χ3n) is 5.58. The van der Waals surface area contributed by atoms with E-state index < -0.39 is 0 Å². The van der Waals surface area contributed by atoms with E-state index in [-0.39, 0.29) is 11.7 Å². The first-order valence-electron chi connectivity index (χ1n) is 10.5. The van der Waals surface area contributed by atoms with Gasteiger partial charge in [-0.1, -0.05) is 24.3 Å². The van der Waals surface area contributed by atoms with Crippen LogP contribution in [0.2, 0.25) is 0 Å². The van der Waals surface area contributed by atoms with Gasteiger partial charge in [0.05, 0.1) is 11.0 Å². The molecule has 0 bridgehead atoms. The van der Waals surface area contributed by atoms with E-state index in [1.165, 1.54) is 23.3 Å². The Morgan fingerprint density at radius 3 is 2.48 bits per heavy atom. The molecule has 1 N–H and O–H groups in total. The summed E-state index contributed by atoms with van der Waals surface area (Å²) in [5.41, 5.74) is 7.19. The zero-order valence-electron chi connectivity index (χ0n) is 18.1. The van der Waals surface area contributed by atoms with Crippen molar-refractivity contribution in [1.29, 1.82) is 0 Å². The van der Waals surface area contributed by atoms with Gasteiger partial charge in [0.2, 0.25) is 5.91 Å². The summed E-state index contributed by atoms with van der Waals surface area (Å²) in [4.78, 5) is 17.4. The Hall–Kier alpha value is -3.47. The number of halogens is 1. The van der Waals surface area contributed by atoms with E-state index in [4.69, 9.17) is 4.98 Å². The van der Waals surface area contributed by atoms with Crippen LogP contribution in [0.25, 0.3) is 11.0 Å². The number of nitrogens with one attached hydrogen (secondary N) is 1. The van der Waals surface area contributed by atoms with Gasteiger partial charge in [0.1, 0.15) is 11.6 Å². The minimum Gasteiger partial charge on any atom is -0.327 e. The molecule has 1 heterocycles. The Kier molecular flexibility index (Phi) is 5.85.